The Morgan fingerprint density at radius 1 is 1.64 bits per heavy atom. The van der Waals surface area contributed by atoms with Crippen molar-refractivity contribution in [1.82, 2.24) is 0 Å². The summed E-state index contributed by atoms with van der Waals surface area (Å²) in [6, 6.07) is 0. The monoisotopic (exact) mass is 199 g/mol. The first-order valence-electron chi connectivity index (χ1n) is 2.87. The summed E-state index contributed by atoms with van der Waals surface area (Å²) in [7, 11) is -2.89. The summed E-state index contributed by atoms with van der Waals surface area (Å²) in [5.74, 6) is -1.09. The molecular formula is C5H10ClNO3S. The molecule has 6 heteroatoms. The molecule has 4 nitrogen and oxygen atoms in total. The smallest absolute Gasteiger partial charge is 0.323 e. The first-order valence-corrected chi connectivity index (χ1v) is 4.83. The molecule has 1 rings (SSSR count). The van der Waals surface area contributed by atoms with E-state index in [0.717, 1.165) is 0 Å². The van der Waals surface area contributed by atoms with Crippen molar-refractivity contribution in [3.8, 4) is 0 Å². The Balaban J connectivity index is 0.000001000. The first kappa shape index (κ1) is 10.7. The lowest BCUT2D eigenvalue weighted by molar-refractivity contribution is -0.137. The summed E-state index contributed by atoms with van der Waals surface area (Å²) in [5, 5.41) is 8.54. The van der Waals surface area contributed by atoms with Gasteiger partial charge in [0.1, 0.15) is 0 Å². The standard InChI is InChI=1S/C5H9NO3S.ClH/c1-10(6,9)5(2-3-5)4(7)8;/h6H,2-3H2,1H3,(H,7,8);1H. The molecule has 0 aliphatic heterocycles. The van der Waals surface area contributed by atoms with Crippen molar-refractivity contribution in [2.24, 2.45) is 0 Å². The average Bonchev–Trinajstić information content (AvgIpc) is 2.36. The zero-order chi connectivity index (χ0) is 7.99. The van der Waals surface area contributed by atoms with Gasteiger partial charge in [-0.05, 0) is 12.8 Å². The van der Waals surface area contributed by atoms with Crippen LogP contribution in [-0.4, -0.2) is 26.3 Å². The molecule has 0 aromatic carbocycles. The Morgan fingerprint density at radius 3 is 2.00 bits per heavy atom. The van der Waals surface area contributed by atoms with Crippen molar-refractivity contribution >= 4 is 28.1 Å². The van der Waals surface area contributed by atoms with Gasteiger partial charge in [-0.1, -0.05) is 0 Å². The molecule has 1 saturated carbocycles. The van der Waals surface area contributed by atoms with Crippen molar-refractivity contribution in [1.29, 1.82) is 4.78 Å². The number of aliphatic carboxylic acids is 1. The molecule has 11 heavy (non-hydrogen) atoms. The van der Waals surface area contributed by atoms with E-state index in [9.17, 15) is 9.00 Å². The Kier molecular flexibility index (Phi) is 2.57. The number of hydrogen-bond acceptors (Lipinski definition) is 3. The molecule has 0 bridgehead atoms. The van der Waals surface area contributed by atoms with Crippen molar-refractivity contribution in [3.63, 3.8) is 0 Å². The summed E-state index contributed by atoms with van der Waals surface area (Å²) in [6.45, 7) is 0. The molecule has 1 unspecified atom stereocenters. The molecule has 1 atom stereocenters. The normalized spacial score (nSPS) is 24.5. The molecule has 0 aromatic rings. The van der Waals surface area contributed by atoms with Crippen LogP contribution >= 0.6 is 12.4 Å². The Hall–Kier alpha value is -0.290. The third-order valence-corrected chi connectivity index (χ3v) is 3.91. The number of carboxylic acids is 1. The zero-order valence-electron chi connectivity index (χ0n) is 5.99. The molecule has 0 spiro atoms. The number of hydrogen-bond donors (Lipinski definition) is 2. The van der Waals surface area contributed by atoms with E-state index < -0.39 is 20.4 Å². The Morgan fingerprint density at radius 2 is 2.00 bits per heavy atom. The van der Waals surface area contributed by atoms with Crippen molar-refractivity contribution in [2.75, 3.05) is 6.26 Å². The molecule has 0 amide bonds. The lowest BCUT2D eigenvalue weighted by Gasteiger charge is -2.07. The van der Waals surface area contributed by atoms with Crippen LogP contribution in [0.15, 0.2) is 0 Å². The minimum atomic E-state index is -2.89. The van der Waals surface area contributed by atoms with Crippen LogP contribution in [0.1, 0.15) is 12.8 Å². The van der Waals surface area contributed by atoms with Gasteiger partial charge in [-0.15, -0.1) is 12.4 Å². The fraction of sp³-hybridized carbons (Fsp3) is 0.800. The molecule has 0 saturated heterocycles. The van der Waals surface area contributed by atoms with Gasteiger partial charge < -0.3 is 5.11 Å². The number of halogens is 1. The van der Waals surface area contributed by atoms with E-state index in [1.54, 1.807) is 0 Å². The first-order chi connectivity index (χ1) is 4.40. The van der Waals surface area contributed by atoms with E-state index in [-0.39, 0.29) is 12.4 Å². The van der Waals surface area contributed by atoms with E-state index in [2.05, 4.69) is 0 Å². The van der Waals surface area contributed by atoms with Gasteiger partial charge >= 0.3 is 5.97 Å². The van der Waals surface area contributed by atoms with E-state index in [1.165, 1.54) is 6.26 Å². The molecule has 66 valence electrons. The third-order valence-electron chi connectivity index (χ3n) is 1.84. The van der Waals surface area contributed by atoms with E-state index >= 15 is 0 Å². The fourth-order valence-corrected chi connectivity index (χ4v) is 2.10. The van der Waals surface area contributed by atoms with Crippen LogP contribution in [0.4, 0.5) is 0 Å². The SMILES string of the molecule is CS(=N)(=O)C1(C(=O)O)CC1.Cl. The highest BCUT2D eigenvalue weighted by Gasteiger charge is 2.56. The maximum atomic E-state index is 11.0. The quantitative estimate of drug-likeness (QED) is 0.687. The van der Waals surface area contributed by atoms with Crippen LogP contribution in [-0.2, 0) is 14.5 Å². The van der Waals surface area contributed by atoms with Crippen LogP contribution < -0.4 is 0 Å². The minimum Gasteiger partial charge on any atom is -0.480 e. The largest absolute Gasteiger partial charge is 0.480 e. The number of nitrogens with one attached hydrogen (secondary N) is 1. The molecule has 1 aliphatic rings. The Labute approximate surface area is 71.4 Å². The lowest BCUT2D eigenvalue weighted by Crippen LogP contribution is -2.30. The highest BCUT2D eigenvalue weighted by Crippen LogP contribution is 2.43. The van der Waals surface area contributed by atoms with Crippen molar-refractivity contribution < 1.29 is 14.1 Å². The van der Waals surface area contributed by atoms with Gasteiger partial charge in [0.05, 0.1) is 9.73 Å². The molecular weight excluding hydrogens is 190 g/mol. The fourth-order valence-electron chi connectivity index (χ4n) is 0.884. The van der Waals surface area contributed by atoms with E-state index in [4.69, 9.17) is 9.89 Å². The molecule has 2 N–H and O–H groups in total. The molecule has 0 heterocycles. The minimum absolute atomic E-state index is 0. The summed E-state index contributed by atoms with van der Waals surface area (Å²) < 4.78 is 16.9. The van der Waals surface area contributed by atoms with Crippen LogP contribution in [0.3, 0.4) is 0 Å². The second kappa shape index (κ2) is 2.64. The van der Waals surface area contributed by atoms with Crippen molar-refractivity contribution in [2.45, 2.75) is 17.6 Å². The topological polar surface area (TPSA) is 78.2 Å². The Bertz CT molecular complexity index is 267. The molecule has 1 fully saturated rings. The van der Waals surface area contributed by atoms with Gasteiger partial charge in [0.25, 0.3) is 0 Å². The van der Waals surface area contributed by atoms with Gasteiger partial charge in [-0.3, -0.25) is 9.57 Å². The lowest BCUT2D eigenvalue weighted by atomic mass is 10.4. The summed E-state index contributed by atoms with van der Waals surface area (Å²) >= 11 is 0. The number of carbonyl (C=O) groups is 1. The maximum Gasteiger partial charge on any atom is 0.323 e. The molecule has 0 radical (unpaired) electrons. The molecule has 0 aromatic heterocycles. The highest BCUT2D eigenvalue weighted by molar-refractivity contribution is 7.94. The second-order valence-electron chi connectivity index (χ2n) is 2.64. The van der Waals surface area contributed by atoms with Crippen LogP contribution in [0.25, 0.3) is 0 Å². The van der Waals surface area contributed by atoms with Crippen LogP contribution in [0.2, 0.25) is 0 Å². The highest BCUT2D eigenvalue weighted by atomic mass is 35.5. The third kappa shape index (κ3) is 1.49. The van der Waals surface area contributed by atoms with Crippen molar-refractivity contribution in [3.05, 3.63) is 0 Å². The van der Waals surface area contributed by atoms with Gasteiger partial charge in [-0.2, -0.15) is 0 Å². The zero-order valence-corrected chi connectivity index (χ0v) is 7.63. The number of rotatable bonds is 2. The summed E-state index contributed by atoms with van der Waals surface area (Å²) in [5.41, 5.74) is 0. The van der Waals surface area contributed by atoms with E-state index in [1.807, 2.05) is 0 Å². The maximum absolute atomic E-state index is 11.0. The van der Waals surface area contributed by atoms with Gasteiger partial charge in [-0.25, -0.2) is 4.21 Å². The van der Waals surface area contributed by atoms with Gasteiger partial charge in [0, 0.05) is 6.26 Å². The van der Waals surface area contributed by atoms with Gasteiger partial charge in [0.15, 0.2) is 4.75 Å². The van der Waals surface area contributed by atoms with Crippen LogP contribution in [0.5, 0.6) is 0 Å². The second-order valence-corrected chi connectivity index (χ2v) is 5.11. The summed E-state index contributed by atoms with van der Waals surface area (Å²) in [6.07, 6.45) is 1.97. The van der Waals surface area contributed by atoms with Gasteiger partial charge in [0.2, 0.25) is 0 Å². The van der Waals surface area contributed by atoms with Crippen LogP contribution in [0, 0.1) is 4.78 Å². The predicted octanol–water partition coefficient (Wildman–Crippen LogP) is 0.702. The number of carboxylic acid groups (broad SMARTS) is 1. The summed E-state index contributed by atoms with van der Waals surface area (Å²) in [4.78, 5) is 10.4. The molecule has 1 aliphatic carbocycles. The average molecular weight is 200 g/mol. The van der Waals surface area contributed by atoms with E-state index in [0.29, 0.717) is 12.8 Å². The predicted molar refractivity (Wildman–Crippen MR) is 43.6 cm³/mol.